The largest absolute Gasteiger partial charge is 0.315 e. The van der Waals surface area contributed by atoms with Gasteiger partial charge in [0.2, 0.25) is 10.0 Å². The Morgan fingerprint density at radius 3 is 2.78 bits per heavy atom. The molecule has 0 spiro atoms. The summed E-state index contributed by atoms with van der Waals surface area (Å²) in [4.78, 5) is 0. The first-order chi connectivity index (χ1) is 7.99. The number of hydrogen-bond donors (Lipinski definition) is 2. The van der Waals surface area contributed by atoms with E-state index in [4.69, 9.17) is 0 Å². The van der Waals surface area contributed by atoms with Gasteiger partial charge in [0.05, 0.1) is 3.79 Å². The highest BCUT2D eigenvalue weighted by atomic mass is 79.9. The maximum absolute atomic E-state index is 12.1. The van der Waals surface area contributed by atoms with Gasteiger partial charge in [-0.05, 0) is 46.9 Å². The first-order valence-electron chi connectivity index (χ1n) is 5.47. The van der Waals surface area contributed by atoms with Gasteiger partial charge in [0.15, 0.2) is 0 Å². The average Bonchev–Trinajstić information content (AvgIpc) is 2.69. The van der Waals surface area contributed by atoms with Crippen LogP contribution in [0.2, 0.25) is 0 Å². The molecule has 2 N–H and O–H groups in total. The van der Waals surface area contributed by atoms with Crippen molar-refractivity contribution in [3.8, 4) is 0 Å². The van der Waals surface area contributed by atoms with E-state index in [-0.39, 0.29) is 18.4 Å². The minimum Gasteiger partial charge on any atom is -0.315 e. The zero-order valence-corrected chi connectivity index (χ0v) is 13.9. The summed E-state index contributed by atoms with van der Waals surface area (Å²) >= 11 is 4.51. The van der Waals surface area contributed by atoms with Gasteiger partial charge < -0.3 is 5.32 Å². The lowest BCUT2D eigenvalue weighted by atomic mass is 9.96. The van der Waals surface area contributed by atoms with Crippen molar-refractivity contribution < 1.29 is 8.42 Å². The predicted octanol–water partition coefficient (Wildman–Crippen LogP) is 2.21. The molecule has 1 aromatic rings. The molecule has 1 aliphatic rings. The van der Waals surface area contributed by atoms with Crippen molar-refractivity contribution in [3.63, 3.8) is 0 Å². The fourth-order valence-electron chi connectivity index (χ4n) is 1.85. The van der Waals surface area contributed by atoms with E-state index in [9.17, 15) is 8.42 Å². The third-order valence-electron chi connectivity index (χ3n) is 2.95. The molecule has 0 aromatic carbocycles. The molecule has 0 amide bonds. The molecule has 2 atom stereocenters. The Morgan fingerprint density at radius 2 is 2.22 bits per heavy atom. The van der Waals surface area contributed by atoms with Crippen LogP contribution < -0.4 is 10.0 Å². The van der Waals surface area contributed by atoms with Crippen LogP contribution in [-0.2, 0) is 10.0 Å². The van der Waals surface area contributed by atoms with Gasteiger partial charge in [-0.15, -0.1) is 23.7 Å². The second kappa shape index (κ2) is 6.67. The van der Waals surface area contributed by atoms with Gasteiger partial charge in [-0.2, -0.15) is 0 Å². The lowest BCUT2D eigenvalue weighted by Gasteiger charge is -2.29. The van der Waals surface area contributed by atoms with Gasteiger partial charge in [-0.1, -0.05) is 6.92 Å². The van der Waals surface area contributed by atoms with E-state index < -0.39 is 10.0 Å². The van der Waals surface area contributed by atoms with Crippen molar-refractivity contribution in [1.29, 1.82) is 0 Å². The van der Waals surface area contributed by atoms with Crippen LogP contribution in [0.25, 0.3) is 0 Å². The number of halogens is 2. The second-order valence-electron chi connectivity index (χ2n) is 4.26. The van der Waals surface area contributed by atoms with Crippen LogP contribution in [0.5, 0.6) is 0 Å². The third kappa shape index (κ3) is 3.91. The first-order valence-corrected chi connectivity index (χ1v) is 8.57. The van der Waals surface area contributed by atoms with Crippen molar-refractivity contribution in [2.24, 2.45) is 5.92 Å². The molecular formula is C10H16BrClN2O2S2. The Bertz CT molecular complexity index is 492. The highest BCUT2D eigenvalue weighted by Crippen LogP contribution is 2.26. The van der Waals surface area contributed by atoms with Crippen molar-refractivity contribution in [2.75, 3.05) is 13.1 Å². The van der Waals surface area contributed by atoms with E-state index in [0.29, 0.717) is 16.7 Å². The number of hydrogen-bond acceptors (Lipinski definition) is 4. The summed E-state index contributed by atoms with van der Waals surface area (Å²) in [5.74, 6) is 0.370. The molecule has 0 radical (unpaired) electrons. The van der Waals surface area contributed by atoms with Crippen LogP contribution in [0, 0.1) is 5.92 Å². The topological polar surface area (TPSA) is 58.2 Å². The fraction of sp³-hybridized carbons (Fsp3) is 0.600. The molecule has 0 aliphatic carbocycles. The van der Waals surface area contributed by atoms with E-state index >= 15 is 0 Å². The van der Waals surface area contributed by atoms with Crippen molar-refractivity contribution in [3.05, 3.63) is 15.9 Å². The molecule has 2 unspecified atom stereocenters. The van der Waals surface area contributed by atoms with Crippen LogP contribution in [0.4, 0.5) is 0 Å². The molecule has 2 heterocycles. The Hall–Kier alpha value is 0.340. The van der Waals surface area contributed by atoms with E-state index in [1.165, 1.54) is 11.3 Å². The summed E-state index contributed by atoms with van der Waals surface area (Å²) in [6, 6.07) is 3.36. The normalized spacial score (nSPS) is 24.6. The Morgan fingerprint density at radius 1 is 1.50 bits per heavy atom. The maximum atomic E-state index is 12.1. The van der Waals surface area contributed by atoms with Crippen LogP contribution in [0.3, 0.4) is 0 Å². The van der Waals surface area contributed by atoms with E-state index in [1.807, 2.05) is 0 Å². The van der Waals surface area contributed by atoms with Gasteiger partial charge in [0, 0.05) is 12.6 Å². The zero-order chi connectivity index (χ0) is 12.5. The summed E-state index contributed by atoms with van der Waals surface area (Å²) in [6.45, 7) is 3.75. The van der Waals surface area contributed by atoms with Crippen molar-refractivity contribution in [2.45, 2.75) is 23.6 Å². The molecule has 1 aliphatic heterocycles. The van der Waals surface area contributed by atoms with E-state index in [1.54, 1.807) is 12.1 Å². The molecule has 4 nitrogen and oxygen atoms in total. The van der Waals surface area contributed by atoms with Gasteiger partial charge in [-0.25, -0.2) is 13.1 Å². The SMILES string of the molecule is CC1CCNCC1NS(=O)(=O)c1ccc(Br)s1.Cl. The van der Waals surface area contributed by atoms with E-state index in [2.05, 4.69) is 32.9 Å². The number of sulfonamides is 1. The predicted molar refractivity (Wildman–Crippen MR) is 80.0 cm³/mol. The van der Waals surface area contributed by atoms with Gasteiger partial charge in [0.25, 0.3) is 0 Å². The molecule has 0 saturated carbocycles. The summed E-state index contributed by atoms with van der Waals surface area (Å²) in [7, 11) is -3.37. The number of nitrogens with one attached hydrogen (secondary N) is 2. The van der Waals surface area contributed by atoms with E-state index in [0.717, 1.165) is 16.8 Å². The molecule has 1 fully saturated rings. The average molecular weight is 376 g/mol. The summed E-state index contributed by atoms with van der Waals surface area (Å²) < 4.78 is 28.2. The minimum atomic E-state index is -3.37. The molecular weight excluding hydrogens is 360 g/mol. The number of piperidine rings is 1. The Labute approximate surface area is 126 Å². The number of rotatable bonds is 3. The smallest absolute Gasteiger partial charge is 0.250 e. The first kappa shape index (κ1) is 16.4. The van der Waals surface area contributed by atoms with Crippen molar-refractivity contribution >= 4 is 49.7 Å². The maximum Gasteiger partial charge on any atom is 0.250 e. The molecule has 2 rings (SSSR count). The third-order valence-corrected chi connectivity index (χ3v) is 6.55. The Balaban J connectivity index is 0.00000162. The van der Waals surface area contributed by atoms with Crippen LogP contribution >= 0.6 is 39.7 Å². The molecule has 1 saturated heterocycles. The highest BCUT2D eigenvalue weighted by molar-refractivity contribution is 9.11. The Kier molecular flexibility index (Phi) is 6.08. The summed E-state index contributed by atoms with van der Waals surface area (Å²) in [5, 5.41) is 3.21. The van der Waals surface area contributed by atoms with Gasteiger partial charge >= 0.3 is 0 Å². The molecule has 0 bridgehead atoms. The van der Waals surface area contributed by atoms with Crippen LogP contribution in [0.1, 0.15) is 13.3 Å². The molecule has 1 aromatic heterocycles. The number of thiophene rings is 1. The lowest BCUT2D eigenvalue weighted by molar-refractivity contribution is 0.327. The minimum absolute atomic E-state index is 0. The quantitative estimate of drug-likeness (QED) is 0.851. The van der Waals surface area contributed by atoms with Gasteiger partial charge in [-0.3, -0.25) is 0 Å². The lowest BCUT2D eigenvalue weighted by Crippen LogP contribution is -2.49. The molecule has 8 heteroatoms. The molecule has 18 heavy (non-hydrogen) atoms. The standard InChI is InChI=1S/C10H15BrN2O2S2.ClH/c1-7-4-5-12-6-8(7)13-17(14,15)10-3-2-9(11)16-10;/h2-3,7-8,12-13H,4-6H2,1H3;1H. The van der Waals surface area contributed by atoms with Crippen LogP contribution in [0.15, 0.2) is 20.1 Å². The van der Waals surface area contributed by atoms with Gasteiger partial charge in [0.1, 0.15) is 4.21 Å². The second-order valence-corrected chi connectivity index (χ2v) is 8.66. The monoisotopic (exact) mass is 374 g/mol. The van der Waals surface area contributed by atoms with Crippen molar-refractivity contribution in [1.82, 2.24) is 10.0 Å². The highest BCUT2D eigenvalue weighted by Gasteiger charge is 2.27. The fourth-order valence-corrected chi connectivity index (χ4v) is 5.22. The van der Waals surface area contributed by atoms with Crippen LogP contribution in [-0.4, -0.2) is 27.5 Å². The molecule has 104 valence electrons. The zero-order valence-electron chi connectivity index (χ0n) is 9.85. The summed E-state index contributed by atoms with van der Waals surface area (Å²) in [5.41, 5.74) is 0. The summed E-state index contributed by atoms with van der Waals surface area (Å²) in [6.07, 6.45) is 1.00.